The number of esters is 1. The van der Waals surface area contributed by atoms with Gasteiger partial charge in [0.2, 0.25) is 0 Å². The highest BCUT2D eigenvalue weighted by atomic mass is 79.9. The molecular formula is C17H17BrF2N2O2. The van der Waals surface area contributed by atoms with Crippen molar-refractivity contribution in [2.24, 2.45) is 10.9 Å². The fourth-order valence-electron chi connectivity index (χ4n) is 2.83. The van der Waals surface area contributed by atoms with Crippen LogP contribution in [0, 0.1) is 24.5 Å². The van der Waals surface area contributed by atoms with Crippen LogP contribution in [-0.2, 0) is 9.53 Å². The average molecular weight is 399 g/mol. The highest BCUT2D eigenvalue weighted by molar-refractivity contribution is 9.09. The predicted octanol–water partition coefficient (Wildman–Crippen LogP) is 3.55. The number of nitrogens with one attached hydrogen (secondary N) is 1. The molecule has 1 saturated carbocycles. The van der Waals surface area contributed by atoms with Gasteiger partial charge in [0.15, 0.2) is 11.6 Å². The van der Waals surface area contributed by atoms with Crippen LogP contribution >= 0.6 is 15.9 Å². The van der Waals surface area contributed by atoms with Gasteiger partial charge in [-0.25, -0.2) is 13.6 Å². The SMILES string of the molecule is COC(=O)C1=C(CBr)NC(C2CC2)=N[C@H]1c1ccc(F)c(F)c1C. The fraction of sp³-hybridized carbons (Fsp3) is 0.412. The number of ether oxygens (including phenoxy) is 1. The van der Waals surface area contributed by atoms with Crippen LogP contribution in [0.15, 0.2) is 28.4 Å². The molecule has 7 heteroatoms. The summed E-state index contributed by atoms with van der Waals surface area (Å²) < 4.78 is 32.4. The molecule has 0 aromatic heterocycles. The lowest BCUT2D eigenvalue weighted by Crippen LogP contribution is -2.35. The van der Waals surface area contributed by atoms with Crippen LogP contribution in [0.4, 0.5) is 8.78 Å². The molecule has 0 unspecified atom stereocenters. The van der Waals surface area contributed by atoms with Crippen LogP contribution in [0.2, 0.25) is 0 Å². The van der Waals surface area contributed by atoms with Gasteiger partial charge in [0.25, 0.3) is 0 Å². The van der Waals surface area contributed by atoms with E-state index in [0.717, 1.165) is 24.7 Å². The maximum Gasteiger partial charge on any atom is 0.338 e. The number of aliphatic imine (C=N–C) groups is 1. The molecule has 0 saturated heterocycles. The molecule has 0 bridgehead atoms. The number of methoxy groups -OCH3 is 1. The van der Waals surface area contributed by atoms with Gasteiger partial charge in [-0.3, -0.25) is 4.99 Å². The van der Waals surface area contributed by atoms with Crippen molar-refractivity contribution >= 4 is 27.7 Å². The number of carbonyl (C=O) groups is 1. The molecule has 1 atom stereocenters. The number of amidine groups is 1. The zero-order chi connectivity index (χ0) is 17.4. The summed E-state index contributed by atoms with van der Waals surface area (Å²) in [4.78, 5) is 16.9. The number of benzene rings is 1. The lowest BCUT2D eigenvalue weighted by atomic mass is 9.92. The van der Waals surface area contributed by atoms with E-state index in [0.29, 0.717) is 28.1 Å². The zero-order valence-corrected chi connectivity index (χ0v) is 14.9. The summed E-state index contributed by atoms with van der Waals surface area (Å²) in [6.07, 6.45) is 2.05. The van der Waals surface area contributed by atoms with E-state index in [4.69, 9.17) is 4.74 Å². The molecule has 24 heavy (non-hydrogen) atoms. The van der Waals surface area contributed by atoms with Gasteiger partial charge in [-0.1, -0.05) is 22.0 Å². The highest BCUT2D eigenvalue weighted by Crippen LogP contribution is 2.39. The number of alkyl halides is 1. The Hall–Kier alpha value is -1.76. The van der Waals surface area contributed by atoms with Crippen molar-refractivity contribution < 1.29 is 18.3 Å². The minimum absolute atomic E-state index is 0.149. The number of halogens is 3. The third kappa shape index (κ3) is 2.97. The van der Waals surface area contributed by atoms with Crippen molar-refractivity contribution in [1.82, 2.24) is 5.32 Å². The van der Waals surface area contributed by atoms with Gasteiger partial charge < -0.3 is 10.1 Å². The molecule has 1 aromatic carbocycles. The van der Waals surface area contributed by atoms with Crippen LogP contribution in [0.25, 0.3) is 0 Å². The Bertz CT molecular complexity index is 757. The third-order valence-electron chi connectivity index (χ3n) is 4.32. The summed E-state index contributed by atoms with van der Waals surface area (Å²) in [5, 5.41) is 3.59. The highest BCUT2D eigenvalue weighted by Gasteiger charge is 2.37. The summed E-state index contributed by atoms with van der Waals surface area (Å²) >= 11 is 3.37. The molecule has 0 amide bonds. The molecule has 1 aliphatic heterocycles. The lowest BCUT2D eigenvalue weighted by molar-refractivity contribution is -0.136. The Morgan fingerprint density at radius 3 is 2.71 bits per heavy atom. The summed E-state index contributed by atoms with van der Waals surface area (Å²) in [5.41, 5.74) is 1.57. The van der Waals surface area contributed by atoms with E-state index in [-0.39, 0.29) is 5.56 Å². The quantitative estimate of drug-likeness (QED) is 0.623. The summed E-state index contributed by atoms with van der Waals surface area (Å²) in [7, 11) is 1.29. The maximum atomic E-state index is 14.0. The fourth-order valence-corrected chi connectivity index (χ4v) is 3.27. The standard InChI is InChI=1S/C17H17BrF2N2O2/c1-8-10(5-6-11(19)14(8)20)15-13(17(23)24-2)12(7-18)21-16(22-15)9-3-4-9/h5-6,9,15H,3-4,7H2,1-2H3,(H,21,22)/t15-/m0/s1. The molecule has 0 spiro atoms. The molecule has 1 aliphatic carbocycles. The van der Waals surface area contributed by atoms with Crippen molar-refractivity contribution in [2.45, 2.75) is 25.8 Å². The molecule has 128 valence electrons. The Morgan fingerprint density at radius 2 is 2.12 bits per heavy atom. The second kappa shape index (κ2) is 6.63. The Kier molecular flexibility index (Phi) is 4.71. The van der Waals surface area contributed by atoms with Gasteiger partial charge in [-0.05, 0) is 37.0 Å². The molecule has 2 aliphatic rings. The van der Waals surface area contributed by atoms with Gasteiger partial charge in [0.05, 0.1) is 12.7 Å². The Labute approximate surface area is 147 Å². The van der Waals surface area contributed by atoms with E-state index < -0.39 is 23.6 Å². The van der Waals surface area contributed by atoms with Gasteiger partial charge in [-0.15, -0.1) is 0 Å². The second-order valence-electron chi connectivity index (χ2n) is 5.91. The van der Waals surface area contributed by atoms with Crippen molar-refractivity contribution in [3.63, 3.8) is 0 Å². The topological polar surface area (TPSA) is 50.7 Å². The van der Waals surface area contributed by atoms with Crippen LogP contribution in [0.5, 0.6) is 0 Å². The average Bonchev–Trinajstić information content (AvgIpc) is 3.43. The number of carbonyl (C=O) groups excluding carboxylic acids is 1. The molecule has 0 radical (unpaired) electrons. The molecule has 1 aromatic rings. The number of rotatable bonds is 4. The summed E-state index contributed by atoms with van der Waals surface area (Å²) in [6.45, 7) is 1.49. The van der Waals surface area contributed by atoms with Crippen LogP contribution in [0.3, 0.4) is 0 Å². The van der Waals surface area contributed by atoms with Crippen molar-refractivity contribution in [3.8, 4) is 0 Å². The first kappa shape index (κ1) is 17.1. The van der Waals surface area contributed by atoms with E-state index in [2.05, 4.69) is 26.2 Å². The van der Waals surface area contributed by atoms with Crippen LogP contribution in [-0.4, -0.2) is 24.2 Å². The molecule has 1 N–H and O–H groups in total. The largest absolute Gasteiger partial charge is 0.466 e. The number of nitrogens with zero attached hydrogens (tertiary/aromatic N) is 1. The van der Waals surface area contributed by atoms with E-state index in [1.807, 2.05) is 0 Å². The van der Waals surface area contributed by atoms with Gasteiger partial charge >= 0.3 is 5.97 Å². The smallest absolute Gasteiger partial charge is 0.338 e. The van der Waals surface area contributed by atoms with Gasteiger partial charge in [0, 0.05) is 16.9 Å². The lowest BCUT2D eigenvalue weighted by Gasteiger charge is -2.27. The molecular weight excluding hydrogens is 382 g/mol. The maximum absolute atomic E-state index is 14.0. The molecule has 4 nitrogen and oxygen atoms in total. The number of hydrogen-bond acceptors (Lipinski definition) is 4. The first-order valence-electron chi connectivity index (χ1n) is 7.64. The monoisotopic (exact) mass is 398 g/mol. The number of allylic oxidation sites excluding steroid dienone is 1. The Balaban J connectivity index is 2.15. The molecule has 1 fully saturated rings. The van der Waals surface area contributed by atoms with Gasteiger partial charge in [0.1, 0.15) is 11.9 Å². The molecule has 3 rings (SSSR count). The predicted molar refractivity (Wildman–Crippen MR) is 90.0 cm³/mol. The Morgan fingerprint density at radius 1 is 1.42 bits per heavy atom. The van der Waals surface area contributed by atoms with E-state index in [9.17, 15) is 13.6 Å². The summed E-state index contributed by atoms with van der Waals surface area (Å²) in [5.74, 6) is -1.26. The second-order valence-corrected chi connectivity index (χ2v) is 6.47. The first-order valence-corrected chi connectivity index (χ1v) is 8.76. The van der Waals surface area contributed by atoms with Crippen molar-refractivity contribution in [1.29, 1.82) is 0 Å². The van der Waals surface area contributed by atoms with E-state index >= 15 is 0 Å². The zero-order valence-electron chi connectivity index (χ0n) is 13.3. The third-order valence-corrected chi connectivity index (χ3v) is 4.89. The normalized spacial score (nSPS) is 20.5. The van der Waals surface area contributed by atoms with E-state index in [1.54, 1.807) is 0 Å². The van der Waals surface area contributed by atoms with Crippen LogP contribution in [0.1, 0.15) is 30.0 Å². The van der Waals surface area contributed by atoms with E-state index in [1.165, 1.54) is 20.1 Å². The van der Waals surface area contributed by atoms with Gasteiger partial charge in [-0.2, -0.15) is 0 Å². The van der Waals surface area contributed by atoms with Crippen molar-refractivity contribution in [3.05, 3.63) is 46.2 Å². The first-order chi connectivity index (χ1) is 11.5. The molecule has 1 heterocycles. The summed E-state index contributed by atoms with van der Waals surface area (Å²) in [6, 6.07) is 1.83. The van der Waals surface area contributed by atoms with Crippen LogP contribution < -0.4 is 5.32 Å². The minimum atomic E-state index is -0.918. The minimum Gasteiger partial charge on any atom is -0.466 e. The number of hydrogen-bond donors (Lipinski definition) is 1. The van der Waals surface area contributed by atoms with Crippen molar-refractivity contribution in [2.75, 3.05) is 12.4 Å².